The normalized spacial score (nSPS) is 20.2. The number of alkyl carbamates (subject to hydrolysis) is 1. The molecule has 2 fully saturated rings. The number of amides is 1. The van der Waals surface area contributed by atoms with Gasteiger partial charge in [-0.05, 0) is 76.8 Å². The van der Waals surface area contributed by atoms with Crippen LogP contribution < -0.4 is 5.32 Å². The van der Waals surface area contributed by atoms with E-state index in [9.17, 15) is 9.59 Å². The van der Waals surface area contributed by atoms with E-state index in [1.54, 1.807) is 0 Å². The molecule has 5 aromatic rings. The molecule has 296 valence electrons. The molecule has 5 atom stereocenters. The van der Waals surface area contributed by atoms with Gasteiger partial charge in [-0.3, -0.25) is 4.79 Å². The minimum Gasteiger partial charge on any atom is -0.449 e. The van der Waals surface area contributed by atoms with Crippen molar-refractivity contribution in [3.05, 3.63) is 166 Å². The van der Waals surface area contributed by atoms with Crippen molar-refractivity contribution in [3.8, 4) is 23.5 Å². The van der Waals surface area contributed by atoms with Crippen molar-refractivity contribution in [1.82, 2.24) is 5.32 Å². The highest BCUT2D eigenvalue weighted by molar-refractivity contribution is 6.31. The first-order chi connectivity index (χ1) is 28.4. The largest absolute Gasteiger partial charge is 0.449 e. The van der Waals surface area contributed by atoms with Crippen molar-refractivity contribution in [1.29, 1.82) is 0 Å². The molecule has 5 aromatic carbocycles. The Labute approximate surface area is 348 Å². The molecular formula is C52H52ClNO4. The van der Waals surface area contributed by atoms with Gasteiger partial charge in [0.1, 0.15) is 6.61 Å². The molecule has 0 spiro atoms. The molecule has 0 radical (unpaired) electrons. The van der Waals surface area contributed by atoms with Crippen LogP contribution in [0.4, 0.5) is 4.79 Å². The predicted molar refractivity (Wildman–Crippen MR) is 232 cm³/mol. The second-order valence-corrected chi connectivity index (χ2v) is 16.9. The quantitative estimate of drug-likeness (QED) is 0.0777. The van der Waals surface area contributed by atoms with Gasteiger partial charge in [0.25, 0.3) is 0 Å². The highest BCUT2D eigenvalue weighted by Gasteiger charge is 2.43. The van der Waals surface area contributed by atoms with E-state index in [1.165, 1.54) is 56.9 Å². The van der Waals surface area contributed by atoms with Gasteiger partial charge >= 0.3 is 12.1 Å². The number of ether oxygens (including phenoxy) is 2. The maximum Gasteiger partial charge on any atom is 0.407 e. The molecule has 5 nitrogen and oxygen atoms in total. The van der Waals surface area contributed by atoms with Crippen LogP contribution in [0, 0.1) is 30.1 Å². The fourth-order valence-electron chi connectivity index (χ4n) is 9.66. The summed E-state index contributed by atoms with van der Waals surface area (Å²) < 4.78 is 12.6. The maximum absolute atomic E-state index is 14.4. The number of benzene rings is 5. The van der Waals surface area contributed by atoms with Crippen LogP contribution in [0.1, 0.15) is 109 Å². The molecule has 4 unspecified atom stereocenters. The molecule has 3 aliphatic carbocycles. The lowest BCUT2D eigenvalue weighted by molar-refractivity contribution is -0.154. The number of hydrogen-bond donors (Lipinski definition) is 1. The van der Waals surface area contributed by atoms with Gasteiger partial charge in [0.15, 0.2) is 5.60 Å². The number of rotatable bonds is 12. The lowest BCUT2D eigenvalue weighted by Gasteiger charge is -2.36. The molecule has 1 amide bonds. The molecule has 0 heterocycles. The van der Waals surface area contributed by atoms with Crippen LogP contribution in [0.25, 0.3) is 11.1 Å². The standard InChI is InChI=1S/C52H52ClNO4/c1-2-16-36(34-54-51(56)57-35-47-45-23-12-10-21-43(45)44-22-11-13-24-46(44)47)31-50(55)58-52(41-19-8-5-9-20-41,48-25-14-15-26-49(48)53)42-29-27-37(28-30-42)38-17-6-3-4-7-18-39-33-40(39)32-38/h1,5,8-15,19-30,36,38-40,47H,3-4,6-7,16-18,31-35H2,(H,54,56)/t36-,38?,39?,40?,52?/m1/s1. The van der Waals surface area contributed by atoms with Crippen molar-refractivity contribution in [3.63, 3.8) is 0 Å². The van der Waals surface area contributed by atoms with Crippen LogP contribution >= 0.6 is 11.6 Å². The Kier molecular flexibility index (Phi) is 12.3. The van der Waals surface area contributed by atoms with E-state index in [-0.39, 0.29) is 37.8 Å². The number of halogens is 1. The number of fused-ring (bicyclic) bond motifs is 4. The van der Waals surface area contributed by atoms with Crippen LogP contribution in [0.5, 0.6) is 0 Å². The predicted octanol–water partition coefficient (Wildman–Crippen LogP) is 12.2. The van der Waals surface area contributed by atoms with E-state index >= 15 is 0 Å². The highest BCUT2D eigenvalue weighted by atomic mass is 35.5. The first-order valence-electron chi connectivity index (χ1n) is 21.1. The van der Waals surface area contributed by atoms with Gasteiger partial charge in [0.2, 0.25) is 0 Å². The number of carbonyl (C=O) groups excluding carboxylic acids is 2. The number of hydrogen-bond acceptors (Lipinski definition) is 4. The summed E-state index contributed by atoms with van der Waals surface area (Å²) >= 11 is 7.02. The average molecular weight is 790 g/mol. The highest BCUT2D eigenvalue weighted by Crippen LogP contribution is 2.50. The summed E-state index contributed by atoms with van der Waals surface area (Å²) in [6.07, 6.45) is 16.0. The van der Waals surface area contributed by atoms with Crippen molar-refractivity contribution < 1.29 is 19.1 Å². The SMILES string of the molecule is C#CC[C@@H](CNC(=O)OCC1c2ccccc2-c2ccccc21)CC(=O)OC(c1ccccc1)(c1ccc(C2CCCCCCC3CC3C2)cc1)c1ccccc1Cl. The summed E-state index contributed by atoms with van der Waals surface area (Å²) in [5.41, 5.74) is 6.89. The molecule has 0 saturated heterocycles. The second kappa shape index (κ2) is 18.1. The van der Waals surface area contributed by atoms with Gasteiger partial charge in [0.05, 0.1) is 6.42 Å². The summed E-state index contributed by atoms with van der Waals surface area (Å²) in [5, 5.41) is 3.38. The zero-order valence-electron chi connectivity index (χ0n) is 33.1. The molecule has 2 saturated carbocycles. The fourth-order valence-corrected chi connectivity index (χ4v) is 9.93. The Morgan fingerprint density at radius 1 is 0.741 bits per heavy atom. The van der Waals surface area contributed by atoms with Gasteiger partial charge in [0, 0.05) is 40.6 Å². The number of esters is 1. The van der Waals surface area contributed by atoms with Crippen molar-refractivity contribution in [2.75, 3.05) is 13.2 Å². The van der Waals surface area contributed by atoms with Crippen LogP contribution in [-0.2, 0) is 19.9 Å². The Morgan fingerprint density at radius 3 is 2.09 bits per heavy atom. The number of terminal acetylenes is 1. The minimum atomic E-state index is -1.34. The van der Waals surface area contributed by atoms with Crippen molar-refractivity contribution in [2.24, 2.45) is 17.8 Å². The van der Waals surface area contributed by atoms with Gasteiger partial charge in [-0.15, -0.1) is 12.3 Å². The summed E-state index contributed by atoms with van der Waals surface area (Å²) in [4.78, 5) is 27.5. The van der Waals surface area contributed by atoms with E-state index in [0.717, 1.165) is 45.2 Å². The molecule has 0 aromatic heterocycles. The second-order valence-electron chi connectivity index (χ2n) is 16.5. The molecule has 0 bridgehead atoms. The van der Waals surface area contributed by atoms with Crippen LogP contribution in [0.15, 0.2) is 127 Å². The van der Waals surface area contributed by atoms with Crippen LogP contribution in [-0.4, -0.2) is 25.2 Å². The summed E-state index contributed by atoms with van der Waals surface area (Å²) in [6, 6.07) is 42.6. The van der Waals surface area contributed by atoms with Gasteiger partial charge in [-0.2, -0.15) is 0 Å². The fraction of sp³-hybridized carbons (Fsp3) is 0.346. The van der Waals surface area contributed by atoms with Gasteiger partial charge in [-0.1, -0.05) is 165 Å². The minimum absolute atomic E-state index is 0.0182. The Balaban J connectivity index is 1.01. The molecule has 6 heteroatoms. The van der Waals surface area contributed by atoms with E-state index in [2.05, 4.69) is 59.8 Å². The topological polar surface area (TPSA) is 64.6 Å². The molecule has 3 aliphatic rings. The Bertz CT molecular complexity index is 2200. The van der Waals surface area contributed by atoms with E-state index in [4.69, 9.17) is 27.5 Å². The van der Waals surface area contributed by atoms with Gasteiger partial charge in [-0.25, -0.2) is 4.79 Å². The average Bonchev–Trinajstić information content (AvgIpc) is 3.93. The Morgan fingerprint density at radius 2 is 1.38 bits per heavy atom. The van der Waals surface area contributed by atoms with Crippen LogP contribution in [0.2, 0.25) is 5.02 Å². The zero-order chi connectivity index (χ0) is 39.9. The third kappa shape index (κ3) is 8.59. The first kappa shape index (κ1) is 39.5. The zero-order valence-corrected chi connectivity index (χ0v) is 33.8. The van der Waals surface area contributed by atoms with Crippen molar-refractivity contribution >= 4 is 23.7 Å². The smallest absolute Gasteiger partial charge is 0.407 e. The molecular weight excluding hydrogens is 738 g/mol. The summed E-state index contributed by atoms with van der Waals surface area (Å²) in [5.74, 6) is 4.06. The number of carbonyl (C=O) groups is 2. The Hall–Kier alpha value is -5.31. The van der Waals surface area contributed by atoms with Crippen molar-refractivity contribution in [2.45, 2.75) is 81.6 Å². The van der Waals surface area contributed by atoms with Crippen LogP contribution in [0.3, 0.4) is 0 Å². The van der Waals surface area contributed by atoms with Gasteiger partial charge < -0.3 is 14.8 Å². The first-order valence-corrected chi connectivity index (χ1v) is 21.5. The molecule has 0 aliphatic heterocycles. The van der Waals surface area contributed by atoms with E-state index in [0.29, 0.717) is 16.5 Å². The molecule has 8 rings (SSSR count). The van der Waals surface area contributed by atoms with E-state index in [1.807, 2.05) is 78.9 Å². The van der Waals surface area contributed by atoms with E-state index < -0.39 is 17.7 Å². The summed E-state index contributed by atoms with van der Waals surface area (Å²) in [6.45, 7) is 0.345. The third-order valence-corrected chi connectivity index (χ3v) is 13.1. The summed E-state index contributed by atoms with van der Waals surface area (Å²) in [7, 11) is 0. The monoisotopic (exact) mass is 789 g/mol. The maximum atomic E-state index is 14.4. The number of nitrogens with one attached hydrogen (secondary N) is 1. The third-order valence-electron chi connectivity index (χ3n) is 12.8. The lowest BCUT2D eigenvalue weighted by atomic mass is 9.78. The lowest BCUT2D eigenvalue weighted by Crippen LogP contribution is -2.37. The molecule has 58 heavy (non-hydrogen) atoms. The molecule has 1 N–H and O–H groups in total.